The summed E-state index contributed by atoms with van der Waals surface area (Å²) < 4.78 is 0. The number of nitrogens with zero attached hydrogens (tertiary/aromatic N) is 1. The first-order chi connectivity index (χ1) is 6.77. The van der Waals surface area contributed by atoms with Crippen molar-refractivity contribution in [1.82, 2.24) is 10.3 Å². The summed E-state index contributed by atoms with van der Waals surface area (Å²) in [6.07, 6.45) is 6.15. The summed E-state index contributed by atoms with van der Waals surface area (Å²) in [5, 5.41) is 3.52. The molecule has 0 bridgehead atoms. The first-order valence-electron chi connectivity index (χ1n) is 5.42. The molecule has 0 aromatic carbocycles. The number of rotatable bonds is 5. The van der Waals surface area contributed by atoms with Crippen molar-refractivity contribution in [3.05, 3.63) is 29.6 Å². The van der Waals surface area contributed by atoms with Gasteiger partial charge in [-0.25, -0.2) is 0 Å². The zero-order valence-electron chi connectivity index (χ0n) is 9.38. The van der Waals surface area contributed by atoms with Crippen molar-refractivity contribution >= 4 is 0 Å². The van der Waals surface area contributed by atoms with Gasteiger partial charge in [0, 0.05) is 18.4 Å². The summed E-state index contributed by atoms with van der Waals surface area (Å²) in [5.74, 6) is 0. The highest BCUT2D eigenvalue weighted by Crippen LogP contribution is 2.16. The van der Waals surface area contributed by atoms with E-state index in [9.17, 15) is 0 Å². The maximum atomic E-state index is 4.22. The fourth-order valence-corrected chi connectivity index (χ4v) is 1.59. The Morgan fingerprint density at radius 1 is 1.36 bits per heavy atom. The van der Waals surface area contributed by atoms with Crippen LogP contribution < -0.4 is 5.32 Å². The lowest BCUT2D eigenvalue weighted by Gasteiger charge is -2.16. The maximum Gasteiger partial charge on any atom is 0.0332 e. The summed E-state index contributed by atoms with van der Waals surface area (Å²) in [6, 6.07) is 2.67. The highest BCUT2D eigenvalue weighted by atomic mass is 14.9. The fourth-order valence-electron chi connectivity index (χ4n) is 1.59. The van der Waals surface area contributed by atoms with Crippen molar-refractivity contribution in [3.8, 4) is 0 Å². The molecule has 2 heteroatoms. The number of aromatic nitrogens is 1. The molecule has 78 valence electrons. The van der Waals surface area contributed by atoms with E-state index in [1.165, 1.54) is 17.5 Å². The second-order valence-corrected chi connectivity index (χ2v) is 3.71. The molecule has 1 heterocycles. The van der Waals surface area contributed by atoms with Gasteiger partial charge in [0.05, 0.1) is 0 Å². The highest BCUT2D eigenvalue weighted by molar-refractivity contribution is 5.19. The van der Waals surface area contributed by atoms with E-state index < -0.39 is 0 Å². The van der Waals surface area contributed by atoms with Crippen LogP contribution in [0.4, 0.5) is 0 Å². The highest BCUT2D eigenvalue weighted by Gasteiger charge is 2.07. The van der Waals surface area contributed by atoms with E-state index in [1.54, 1.807) is 0 Å². The van der Waals surface area contributed by atoms with Crippen LogP contribution in [0.2, 0.25) is 0 Å². The molecule has 1 aromatic heterocycles. The van der Waals surface area contributed by atoms with E-state index in [4.69, 9.17) is 0 Å². The van der Waals surface area contributed by atoms with Crippen molar-refractivity contribution < 1.29 is 0 Å². The molecular formula is C12H20N2. The lowest BCUT2D eigenvalue weighted by molar-refractivity contribution is 0.517. The van der Waals surface area contributed by atoms with Gasteiger partial charge in [0.2, 0.25) is 0 Å². The van der Waals surface area contributed by atoms with Gasteiger partial charge in [-0.15, -0.1) is 0 Å². The predicted octanol–water partition coefficient (Wildman–Crippen LogP) is 2.84. The van der Waals surface area contributed by atoms with Crippen molar-refractivity contribution in [2.45, 2.75) is 39.7 Å². The second kappa shape index (κ2) is 5.76. The average Bonchev–Trinajstić information content (AvgIpc) is 2.19. The molecule has 0 spiro atoms. The van der Waals surface area contributed by atoms with Gasteiger partial charge in [0.1, 0.15) is 0 Å². The molecule has 1 unspecified atom stereocenters. The van der Waals surface area contributed by atoms with E-state index in [2.05, 4.69) is 37.1 Å². The first kappa shape index (κ1) is 11.2. The number of pyridine rings is 1. The van der Waals surface area contributed by atoms with Crippen LogP contribution in [0.3, 0.4) is 0 Å². The maximum absolute atomic E-state index is 4.22. The van der Waals surface area contributed by atoms with Gasteiger partial charge in [-0.05, 0) is 37.4 Å². The predicted molar refractivity (Wildman–Crippen MR) is 60.3 cm³/mol. The van der Waals surface area contributed by atoms with Gasteiger partial charge in [0.25, 0.3) is 0 Å². The summed E-state index contributed by atoms with van der Waals surface area (Å²) in [4.78, 5) is 4.22. The van der Waals surface area contributed by atoms with Crippen LogP contribution >= 0.6 is 0 Å². The zero-order valence-corrected chi connectivity index (χ0v) is 9.38. The van der Waals surface area contributed by atoms with Gasteiger partial charge in [0.15, 0.2) is 0 Å². The summed E-state index contributed by atoms with van der Waals surface area (Å²) in [5.41, 5.74) is 2.54. The largest absolute Gasteiger partial charge is 0.310 e. The van der Waals surface area contributed by atoms with Crippen LogP contribution in [0.1, 0.15) is 43.9 Å². The molecule has 0 radical (unpaired) electrons. The Labute approximate surface area is 86.8 Å². The topological polar surface area (TPSA) is 24.9 Å². The molecule has 2 nitrogen and oxygen atoms in total. The Bertz CT molecular complexity index is 271. The quantitative estimate of drug-likeness (QED) is 0.776. The first-order valence-corrected chi connectivity index (χ1v) is 5.42. The third kappa shape index (κ3) is 3.11. The number of nitrogens with one attached hydrogen (secondary N) is 1. The van der Waals surface area contributed by atoms with E-state index in [0.29, 0.717) is 6.04 Å². The van der Waals surface area contributed by atoms with Crippen LogP contribution in [0.5, 0.6) is 0 Å². The number of hydrogen-bond donors (Lipinski definition) is 1. The Kier molecular flexibility index (Phi) is 4.60. The standard InChI is InChI=1S/C12H20N2/c1-4-6-14-12(5-2)11-7-10(3)8-13-9-11/h7-9,12,14H,4-6H2,1-3H3. The van der Waals surface area contributed by atoms with Gasteiger partial charge >= 0.3 is 0 Å². The van der Waals surface area contributed by atoms with Gasteiger partial charge < -0.3 is 5.32 Å². The van der Waals surface area contributed by atoms with Crippen molar-refractivity contribution in [1.29, 1.82) is 0 Å². The van der Waals surface area contributed by atoms with Crippen LogP contribution in [0, 0.1) is 6.92 Å². The molecular weight excluding hydrogens is 172 g/mol. The molecule has 14 heavy (non-hydrogen) atoms. The average molecular weight is 192 g/mol. The summed E-state index contributed by atoms with van der Waals surface area (Å²) in [7, 11) is 0. The van der Waals surface area contributed by atoms with Gasteiger partial charge in [-0.2, -0.15) is 0 Å². The Balaban J connectivity index is 2.68. The van der Waals surface area contributed by atoms with Gasteiger partial charge in [-0.3, -0.25) is 4.98 Å². The molecule has 0 saturated carbocycles. The molecule has 0 saturated heterocycles. The smallest absolute Gasteiger partial charge is 0.0332 e. The minimum atomic E-state index is 0.461. The molecule has 1 rings (SSSR count). The zero-order chi connectivity index (χ0) is 10.4. The van der Waals surface area contributed by atoms with Crippen LogP contribution in [0.15, 0.2) is 18.5 Å². The Morgan fingerprint density at radius 3 is 2.71 bits per heavy atom. The van der Waals surface area contributed by atoms with E-state index >= 15 is 0 Å². The summed E-state index contributed by atoms with van der Waals surface area (Å²) >= 11 is 0. The van der Waals surface area contributed by atoms with Crippen molar-refractivity contribution in [2.75, 3.05) is 6.54 Å². The van der Waals surface area contributed by atoms with Crippen molar-refractivity contribution in [2.24, 2.45) is 0 Å². The minimum absolute atomic E-state index is 0.461. The lowest BCUT2D eigenvalue weighted by Crippen LogP contribution is -2.21. The van der Waals surface area contributed by atoms with E-state index in [-0.39, 0.29) is 0 Å². The molecule has 0 aliphatic carbocycles. The lowest BCUT2D eigenvalue weighted by atomic mass is 10.1. The molecule has 0 amide bonds. The molecule has 0 fully saturated rings. The van der Waals surface area contributed by atoms with Crippen molar-refractivity contribution in [3.63, 3.8) is 0 Å². The normalized spacial score (nSPS) is 12.8. The fraction of sp³-hybridized carbons (Fsp3) is 0.583. The van der Waals surface area contributed by atoms with E-state index in [0.717, 1.165) is 13.0 Å². The van der Waals surface area contributed by atoms with Gasteiger partial charge in [-0.1, -0.05) is 19.9 Å². The molecule has 1 N–H and O–H groups in total. The molecule has 0 aliphatic rings. The summed E-state index contributed by atoms with van der Waals surface area (Å²) in [6.45, 7) is 7.55. The minimum Gasteiger partial charge on any atom is -0.310 e. The Morgan fingerprint density at radius 2 is 2.14 bits per heavy atom. The second-order valence-electron chi connectivity index (χ2n) is 3.71. The third-order valence-corrected chi connectivity index (χ3v) is 2.35. The molecule has 1 aromatic rings. The van der Waals surface area contributed by atoms with Crippen LogP contribution in [-0.2, 0) is 0 Å². The molecule has 1 atom stereocenters. The van der Waals surface area contributed by atoms with Crippen LogP contribution in [-0.4, -0.2) is 11.5 Å². The molecule has 0 aliphatic heterocycles. The number of aryl methyl sites for hydroxylation is 1. The van der Waals surface area contributed by atoms with Crippen LogP contribution in [0.25, 0.3) is 0 Å². The monoisotopic (exact) mass is 192 g/mol. The SMILES string of the molecule is CCCNC(CC)c1cncc(C)c1. The van der Waals surface area contributed by atoms with E-state index in [1.807, 2.05) is 12.4 Å². The number of hydrogen-bond acceptors (Lipinski definition) is 2. The Hall–Kier alpha value is -0.890. The third-order valence-electron chi connectivity index (χ3n) is 2.35.